The van der Waals surface area contributed by atoms with Gasteiger partial charge in [-0.2, -0.15) is 0 Å². The van der Waals surface area contributed by atoms with Crippen molar-refractivity contribution in [3.8, 4) is 0 Å². The Morgan fingerprint density at radius 1 is 1.41 bits per heavy atom. The summed E-state index contributed by atoms with van der Waals surface area (Å²) in [5.41, 5.74) is 0. The quantitative estimate of drug-likeness (QED) is 0.925. The second kappa shape index (κ2) is 4.98. The molecular formula is C12H13NO2S2. The average molecular weight is 267 g/mol. The molecule has 2 heterocycles. The second-order valence-electron chi connectivity index (χ2n) is 3.77. The fourth-order valence-electron chi connectivity index (χ4n) is 1.53. The summed E-state index contributed by atoms with van der Waals surface area (Å²) in [7, 11) is 0. The van der Waals surface area contributed by atoms with Gasteiger partial charge in [-0.25, -0.2) is 0 Å². The van der Waals surface area contributed by atoms with Crippen molar-refractivity contribution in [2.24, 2.45) is 0 Å². The Balaban J connectivity index is 2.10. The van der Waals surface area contributed by atoms with Gasteiger partial charge in [0.15, 0.2) is 5.78 Å². The molecule has 0 saturated heterocycles. The molecule has 90 valence electrons. The largest absolute Gasteiger partial charge is 0.342 e. The Hall–Kier alpha value is -1.20. The fraction of sp³-hybridized carbons (Fsp3) is 0.333. The van der Waals surface area contributed by atoms with Gasteiger partial charge in [0.2, 0.25) is 0 Å². The predicted octanol–water partition coefficient (Wildman–Crippen LogP) is 3.06. The van der Waals surface area contributed by atoms with E-state index < -0.39 is 6.04 Å². The molecule has 17 heavy (non-hydrogen) atoms. The molecule has 2 rings (SSSR count). The number of rotatable bonds is 4. The topological polar surface area (TPSA) is 46.2 Å². The summed E-state index contributed by atoms with van der Waals surface area (Å²) in [5.74, 6) is -0.107. The van der Waals surface area contributed by atoms with Gasteiger partial charge in [-0.3, -0.25) is 9.59 Å². The van der Waals surface area contributed by atoms with Crippen LogP contribution in [-0.2, 0) is 4.79 Å². The predicted molar refractivity (Wildman–Crippen MR) is 71.9 cm³/mol. The maximum Gasteiger partial charge on any atom is 0.261 e. The van der Waals surface area contributed by atoms with Crippen LogP contribution in [0.15, 0.2) is 17.5 Å². The summed E-state index contributed by atoms with van der Waals surface area (Å²) >= 11 is 3.08. The molecule has 0 aliphatic rings. The zero-order valence-corrected chi connectivity index (χ0v) is 11.3. The van der Waals surface area contributed by atoms with Crippen molar-refractivity contribution in [1.82, 2.24) is 5.32 Å². The first-order valence-electron chi connectivity index (χ1n) is 5.42. The number of nitrogens with one attached hydrogen (secondary N) is 1. The van der Waals surface area contributed by atoms with Crippen LogP contribution in [0.1, 0.15) is 29.9 Å². The molecule has 0 saturated carbocycles. The summed E-state index contributed by atoms with van der Waals surface area (Å²) in [5, 5.41) is 4.73. The minimum Gasteiger partial charge on any atom is -0.342 e. The zero-order chi connectivity index (χ0) is 12.4. The lowest BCUT2D eigenvalue weighted by Crippen LogP contribution is -2.37. The van der Waals surface area contributed by atoms with E-state index in [0.29, 0.717) is 11.3 Å². The first-order valence-corrected chi connectivity index (χ1v) is 7.12. The first-order chi connectivity index (χ1) is 8.11. The summed E-state index contributed by atoms with van der Waals surface area (Å²) in [6.07, 6.45) is 0.445. The molecule has 2 aromatic rings. The van der Waals surface area contributed by atoms with Crippen LogP contribution in [-0.4, -0.2) is 17.7 Å². The van der Waals surface area contributed by atoms with Crippen molar-refractivity contribution in [1.29, 1.82) is 0 Å². The molecule has 0 bridgehead atoms. The maximum atomic E-state index is 11.9. The summed E-state index contributed by atoms with van der Waals surface area (Å²) in [6, 6.07) is 3.47. The van der Waals surface area contributed by atoms with E-state index >= 15 is 0 Å². The van der Waals surface area contributed by atoms with E-state index in [0.717, 1.165) is 9.40 Å². The van der Waals surface area contributed by atoms with E-state index in [4.69, 9.17) is 0 Å². The van der Waals surface area contributed by atoms with Gasteiger partial charge in [0.25, 0.3) is 5.91 Å². The number of Topliss-reactive ketones (excluding diaryl/α,β-unsaturated/α-hetero) is 1. The number of amides is 1. The highest BCUT2D eigenvalue weighted by molar-refractivity contribution is 7.27. The SMILES string of the molecule is CCC(=O)C(C)NC(=O)c1cc2sccc2s1. The third-order valence-electron chi connectivity index (χ3n) is 2.54. The Bertz CT molecular complexity index is 527. The number of hydrogen-bond acceptors (Lipinski definition) is 4. The normalized spacial score (nSPS) is 12.6. The van der Waals surface area contributed by atoms with Crippen LogP contribution in [0, 0.1) is 0 Å². The minimum atomic E-state index is -0.410. The third kappa shape index (κ3) is 2.56. The third-order valence-corrected chi connectivity index (χ3v) is 4.63. The molecule has 5 heteroatoms. The summed E-state index contributed by atoms with van der Waals surface area (Å²) in [4.78, 5) is 24.0. The molecule has 0 fully saturated rings. The van der Waals surface area contributed by atoms with Crippen molar-refractivity contribution in [3.63, 3.8) is 0 Å². The smallest absolute Gasteiger partial charge is 0.261 e. The molecule has 1 N–H and O–H groups in total. The number of thiophene rings is 2. The Kier molecular flexibility index (Phi) is 3.59. The fourth-order valence-corrected chi connectivity index (χ4v) is 3.54. The van der Waals surface area contributed by atoms with Gasteiger partial charge in [0.1, 0.15) is 0 Å². The highest BCUT2D eigenvalue weighted by atomic mass is 32.1. The van der Waals surface area contributed by atoms with Crippen LogP contribution in [0.25, 0.3) is 9.40 Å². The van der Waals surface area contributed by atoms with Crippen molar-refractivity contribution in [2.45, 2.75) is 26.3 Å². The molecule has 0 aromatic carbocycles. The lowest BCUT2D eigenvalue weighted by Gasteiger charge is -2.10. The van der Waals surface area contributed by atoms with Crippen LogP contribution in [0.3, 0.4) is 0 Å². The summed E-state index contributed by atoms with van der Waals surface area (Å²) < 4.78 is 2.24. The zero-order valence-electron chi connectivity index (χ0n) is 9.65. The first kappa shape index (κ1) is 12.3. The van der Waals surface area contributed by atoms with E-state index in [1.165, 1.54) is 11.3 Å². The number of fused-ring (bicyclic) bond motifs is 1. The van der Waals surface area contributed by atoms with Gasteiger partial charge < -0.3 is 5.32 Å². The highest BCUT2D eigenvalue weighted by Crippen LogP contribution is 2.29. The van der Waals surface area contributed by atoms with E-state index in [1.807, 2.05) is 17.5 Å². The Labute approximate surface area is 107 Å². The van der Waals surface area contributed by atoms with Gasteiger partial charge in [0, 0.05) is 15.8 Å². The molecule has 1 atom stereocenters. The Morgan fingerprint density at radius 2 is 2.18 bits per heavy atom. The van der Waals surface area contributed by atoms with Crippen molar-refractivity contribution in [2.75, 3.05) is 0 Å². The average Bonchev–Trinajstić information content (AvgIpc) is 2.87. The van der Waals surface area contributed by atoms with Gasteiger partial charge in [-0.15, -0.1) is 22.7 Å². The number of hydrogen-bond donors (Lipinski definition) is 1. The monoisotopic (exact) mass is 267 g/mol. The lowest BCUT2D eigenvalue weighted by atomic mass is 10.2. The molecular weight excluding hydrogens is 254 g/mol. The highest BCUT2D eigenvalue weighted by Gasteiger charge is 2.16. The molecule has 3 nitrogen and oxygen atoms in total. The molecule has 1 unspecified atom stereocenters. The van der Waals surface area contributed by atoms with Gasteiger partial charge in [0.05, 0.1) is 10.9 Å². The van der Waals surface area contributed by atoms with Crippen molar-refractivity contribution in [3.05, 3.63) is 22.4 Å². The molecule has 0 aliphatic heterocycles. The standard InChI is InChI=1S/C12H13NO2S2/c1-3-8(14)7(2)13-12(15)11-6-10-9(17-11)4-5-16-10/h4-7H,3H2,1-2H3,(H,13,15). The van der Waals surface area contributed by atoms with Gasteiger partial charge >= 0.3 is 0 Å². The van der Waals surface area contributed by atoms with E-state index in [2.05, 4.69) is 5.32 Å². The molecule has 2 aromatic heterocycles. The summed E-state index contributed by atoms with van der Waals surface area (Å²) in [6.45, 7) is 3.52. The van der Waals surface area contributed by atoms with Crippen molar-refractivity contribution < 1.29 is 9.59 Å². The van der Waals surface area contributed by atoms with Gasteiger partial charge in [-0.05, 0) is 24.4 Å². The maximum absolute atomic E-state index is 11.9. The number of ketones is 1. The molecule has 0 aliphatic carbocycles. The van der Waals surface area contributed by atoms with Crippen LogP contribution in [0.4, 0.5) is 0 Å². The lowest BCUT2D eigenvalue weighted by molar-refractivity contribution is -0.120. The van der Waals surface area contributed by atoms with Gasteiger partial charge in [-0.1, -0.05) is 6.92 Å². The minimum absolute atomic E-state index is 0.0525. The van der Waals surface area contributed by atoms with Crippen LogP contribution >= 0.6 is 22.7 Å². The Morgan fingerprint density at radius 3 is 2.82 bits per heavy atom. The number of carbonyl (C=O) groups is 2. The van der Waals surface area contributed by atoms with E-state index in [-0.39, 0.29) is 11.7 Å². The van der Waals surface area contributed by atoms with E-state index in [9.17, 15) is 9.59 Å². The second-order valence-corrected chi connectivity index (χ2v) is 5.81. The van der Waals surface area contributed by atoms with Crippen molar-refractivity contribution >= 4 is 43.8 Å². The number of carbonyl (C=O) groups excluding carboxylic acids is 2. The van der Waals surface area contributed by atoms with Crippen LogP contribution in [0.2, 0.25) is 0 Å². The molecule has 0 spiro atoms. The molecule has 0 radical (unpaired) electrons. The van der Waals surface area contributed by atoms with Crippen LogP contribution < -0.4 is 5.32 Å². The van der Waals surface area contributed by atoms with Crippen LogP contribution in [0.5, 0.6) is 0 Å². The molecule has 1 amide bonds. The van der Waals surface area contributed by atoms with E-state index in [1.54, 1.807) is 25.2 Å².